The van der Waals surface area contributed by atoms with E-state index in [1.165, 1.54) is 24.3 Å². The van der Waals surface area contributed by atoms with Gasteiger partial charge in [0.25, 0.3) is 0 Å². The van der Waals surface area contributed by atoms with Gasteiger partial charge in [-0.3, -0.25) is 9.59 Å². The molecule has 2 aromatic rings. The van der Waals surface area contributed by atoms with Crippen molar-refractivity contribution in [2.24, 2.45) is 5.73 Å². The minimum atomic E-state index is -3.57. The summed E-state index contributed by atoms with van der Waals surface area (Å²) in [4.78, 5) is 23.3. The van der Waals surface area contributed by atoms with Gasteiger partial charge in [0.15, 0.2) is 0 Å². The number of primary amides is 1. The first-order chi connectivity index (χ1) is 12.1. The predicted octanol–water partition coefficient (Wildman–Crippen LogP) is 1.49. The van der Waals surface area contributed by atoms with E-state index in [0.29, 0.717) is 11.3 Å². The van der Waals surface area contributed by atoms with Gasteiger partial charge in [0, 0.05) is 17.8 Å². The summed E-state index contributed by atoms with van der Waals surface area (Å²) in [5, 5.41) is 2.61. The number of aryl methyl sites for hydroxylation is 1. The van der Waals surface area contributed by atoms with Gasteiger partial charge in [-0.2, -0.15) is 4.31 Å². The normalized spacial score (nSPS) is 11.3. The number of sulfonamides is 1. The number of nitrogens with two attached hydrogens (primary N) is 1. The van der Waals surface area contributed by atoms with Gasteiger partial charge in [-0.1, -0.05) is 29.8 Å². The molecule has 0 radical (unpaired) electrons. The summed E-state index contributed by atoms with van der Waals surface area (Å²) >= 11 is 0. The van der Waals surface area contributed by atoms with Crippen molar-refractivity contribution in [1.82, 2.24) is 4.31 Å². The molecule has 0 aromatic heterocycles. The lowest BCUT2D eigenvalue weighted by Gasteiger charge is -2.19. The zero-order valence-electron chi connectivity index (χ0n) is 14.6. The summed E-state index contributed by atoms with van der Waals surface area (Å²) < 4.78 is 25.1. The number of hydrogen-bond acceptors (Lipinski definition) is 4. The Hall–Kier alpha value is -2.71. The number of hydrogen-bond donors (Lipinski definition) is 2. The average molecular weight is 375 g/mol. The van der Waals surface area contributed by atoms with Crippen LogP contribution in [0.4, 0.5) is 5.69 Å². The van der Waals surface area contributed by atoms with Crippen molar-refractivity contribution in [2.45, 2.75) is 13.5 Å². The first kappa shape index (κ1) is 19.6. The number of nitrogens with zero attached hydrogens (tertiary/aromatic N) is 1. The van der Waals surface area contributed by atoms with E-state index >= 15 is 0 Å². The van der Waals surface area contributed by atoms with Crippen LogP contribution in [-0.2, 0) is 21.4 Å². The third kappa shape index (κ3) is 5.68. The highest BCUT2D eigenvalue weighted by atomic mass is 32.2. The Morgan fingerprint density at radius 1 is 1.04 bits per heavy atom. The molecule has 0 fully saturated rings. The fourth-order valence-electron chi connectivity index (χ4n) is 2.27. The molecule has 0 atom stereocenters. The molecule has 0 aliphatic carbocycles. The van der Waals surface area contributed by atoms with Crippen LogP contribution in [0, 0.1) is 6.92 Å². The second-order valence-electron chi connectivity index (χ2n) is 6.01. The maximum atomic E-state index is 12.2. The van der Waals surface area contributed by atoms with Crippen molar-refractivity contribution in [1.29, 1.82) is 0 Å². The van der Waals surface area contributed by atoms with E-state index in [9.17, 15) is 18.0 Å². The van der Waals surface area contributed by atoms with Gasteiger partial charge in [-0.05, 0) is 36.8 Å². The van der Waals surface area contributed by atoms with Gasteiger partial charge in [0.1, 0.15) is 0 Å². The summed E-state index contributed by atoms with van der Waals surface area (Å²) in [5.74, 6) is -1.04. The Balaban J connectivity index is 2.06. The molecular formula is C18H21N3O4S. The highest BCUT2D eigenvalue weighted by molar-refractivity contribution is 7.88. The SMILES string of the molecule is Cc1ccc(CN(CC(=O)Nc2ccc(C(N)=O)cc2)S(C)(=O)=O)cc1. The van der Waals surface area contributed by atoms with Crippen molar-refractivity contribution in [3.8, 4) is 0 Å². The zero-order chi connectivity index (χ0) is 19.3. The van der Waals surface area contributed by atoms with E-state index in [2.05, 4.69) is 5.32 Å². The lowest BCUT2D eigenvalue weighted by atomic mass is 10.1. The van der Waals surface area contributed by atoms with Gasteiger partial charge in [0.05, 0.1) is 12.8 Å². The second kappa shape index (κ2) is 8.11. The van der Waals surface area contributed by atoms with Crippen LogP contribution in [0.2, 0.25) is 0 Å². The van der Waals surface area contributed by atoms with Gasteiger partial charge in [0.2, 0.25) is 21.8 Å². The van der Waals surface area contributed by atoms with E-state index in [0.717, 1.165) is 21.7 Å². The fraction of sp³-hybridized carbons (Fsp3) is 0.222. The zero-order valence-corrected chi connectivity index (χ0v) is 15.4. The second-order valence-corrected chi connectivity index (χ2v) is 7.99. The topological polar surface area (TPSA) is 110 Å². The molecule has 2 rings (SSSR count). The van der Waals surface area contributed by atoms with Crippen LogP contribution in [0.25, 0.3) is 0 Å². The van der Waals surface area contributed by atoms with Crippen molar-refractivity contribution in [3.63, 3.8) is 0 Å². The number of amides is 2. The van der Waals surface area contributed by atoms with Crippen LogP contribution in [0.1, 0.15) is 21.5 Å². The molecule has 7 nitrogen and oxygen atoms in total. The minimum absolute atomic E-state index is 0.104. The lowest BCUT2D eigenvalue weighted by molar-refractivity contribution is -0.116. The Kier molecular flexibility index (Phi) is 6.12. The molecule has 26 heavy (non-hydrogen) atoms. The molecule has 0 aliphatic rings. The largest absolute Gasteiger partial charge is 0.366 e. The van der Waals surface area contributed by atoms with Crippen LogP contribution < -0.4 is 11.1 Å². The molecule has 0 bridgehead atoms. The first-order valence-corrected chi connectivity index (χ1v) is 9.70. The summed E-state index contributed by atoms with van der Waals surface area (Å²) in [6.45, 7) is 1.73. The van der Waals surface area contributed by atoms with Crippen LogP contribution in [0.3, 0.4) is 0 Å². The molecular weight excluding hydrogens is 354 g/mol. The fourth-order valence-corrected chi connectivity index (χ4v) is 3.00. The van der Waals surface area contributed by atoms with Crippen molar-refractivity contribution >= 4 is 27.5 Å². The predicted molar refractivity (Wildman–Crippen MR) is 100 cm³/mol. The number of carbonyl (C=O) groups excluding carboxylic acids is 2. The van der Waals surface area contributed by atoms with Crippen molar-refractivity contribution in [2.75, 3.05) is 18.1 Å². The maximum Gasteiger partial charge on any atom is 0.248 e. The van der Waals surface area contributed by atoms with Crippen LogP contribution >= 0.6 is 0 Å². The highest BCUT2D eigenvalue weighted by Gasteiger charge is 2.20. The number of rotatable bonds is 7. The van der Waals surface area contributed by atoms with Crippen molar-refractivity contribution in [3.05, 3.63) is 65.2 Å². The van der Waals surface area contributed by atoms with Gasteiger partial charge in [-0.25, -0.2) is 8.42 Å². The quantitative estimate of drug-likeness (QED) is 0.764. The average Bonchev–Trinajstić information content (AvgIpc) is 2.56. The Morgan fingerprint density at radius 2 is 1.62 bits per heavy atom. The molecule has 0 heterocycles. The molecule has 2 aromatic carbocycles. The third-order valence-electron chi connectivity index (χ3n) is 3.72. The van der Waals surface area contributed by atoms with Gasteiger partial charge in [-0.15, -0.1) is 0 Å². The van der Waals surface area contributed by atoms with Crippen LogP contribution in [0.5, 0.6) is 0 Å². The maximum absolute atomic E-state index is 12.2. The molecule has 2 amide bonds. The Labute approximate surface area is 152 Å². The Bertz CT molecular complexity index is 891. The molecule has 0 unspecified atom stereocenters. The van der Waals surface area contributed by atoms with E-state index in [1.54, 1.807) is 0 Å². The molecule has 0 saturated heterocycles. The molecule has 0 saturated carbocycles. The minimum Gasteiger partial charge on any atom is -0.366 e. The number of carbonyl (C=O) groups is 2. The Morgan fingerprint density at radius 3 is 2.12 bits per heavy atom. The number of benzene rings is 2. The van der Waals surface area contributed by atoms with E-state index in [1.807, 2.05) is 31.2 Å². The summed E-state index contributed by atoms with van der Waals surface area (Å²) in [6, 6.07) is 13.5. The summed E-state index contributed by atoms with van der Waals surface area (Å²) in [5.41, 5.74) is 7.79. The first-order valence-electron chi connectivity index (χ1n) is 7.85. The van der Waals surface area contributed by atoms with Gasteiger partial charge >= 0.3 is 0 Å². The van der Waals surface area contributed by atoms with E-state index < -0.39 is 21.8 Å². The standard InChI is InChI=1S/C18H21N3O4S/c1-13-3-5-14(6-4-13)11-21(26(2,24)25)12-17(22)20-16-9-7-15(8-10-16)18(19)23/h3-10H,11-12H2,1-2H3,(H2,19,23)(H,20,22). The smallest absolute Gasteiger partial charge is 0.248 e. The van der Waals surface area contributed by atoms with Crippen LogP contribution in [-0.4, -0.2) is 37.3 Å². The van der Waals surface area contributed by atoms with E-state index in [4.69, 9.17) is 5.73 Å². The molecule has 3 N–H and O–H groups in total. The molecule has 8 heteroatoms. The highest BCUT2D eigenvalue weighted by Crippen LogP contribution is 2.12. The molecule has 0 aliphatic heterocycles. The van der Waals surface area contributed by atoms with Crippen LogP contribution in [0.15, 0.2) is 48.5 Å². The van der Waals surface area contributed by atoms with E-state index in [-0.39, 0.29) is 13.1 Å². The lowest BCUT2D eigenvalue weighted by Crippen LogP contribution is -2.36. The summed E-state index contributed by atoms with van der Waals surface area (Å²) in [6.07, 6.45) is 1.07. The van der Waals surface area contributed by atoms with Gasteiger partial charge < -0.3 is 11.1 Å². The molecule has 138 valence electrons. The summed E-state index contributed by atoms with van der Waals surface area (Å²) in [7, 11) is -3.57. The monoisotopic (exact) mass is 375 g/mol. The number of nitrogens with one attached hydrogen (secondary N) is 1. The third-order valence-corrected chi connectivity index (χ3v) is 4.92. The molecule has 0 spiro atoms. The van der Waals surface area contributed by atoms with Crippen molar-refractivity contribution < 1.29 is 18.0 Å². The number of anilines is 1.